The van der Waals surface area contributed by atoms with Gasteiger partial charge in [0.25, 0.3) is 0 Å². The number of carbonyl (C=O) groups excluding carboxylic acids is 1. The number of hydrogen-bond acceptors (Lipinski definition) is 5. The second kappa shape index (κ2) is 9.36. The fraction of sp³-hybridized carbons (Fsp3) is 0.350. The maximum absolute atomic E-state index is 13.0. The third-order valence-corrected chi connectivity index (χ3v) is 7.36. The van der Waals surface area contributed by atoms with Crippen molar-refractivity contribution in [2.75, 3.05) is 20.2 Å². The van der Waals surface area contributed by atoms with Gasteiger partial charge in [0.1, 0.15) is 10.6 Å². The minimum Gasteiger partial charge on any atom is -0.495 e. The van der Waals surface area contributed by atoms with Gasteiger partial charge < -0.3 is 10.1 Å². The molecule has 1 N–H and O–H groups in total. The lowest BCUT2D eigenvalue weighted by atomic mass is 10.2. The zero-order valence-corrected chi connectivity index (χ0v) is 17.4. The summed E-state index contributed by atoms with van der Waals surface area (Å²) in [6.07, 6.45) is 5.80. The molecule has 0 atom stereocenters. The molecule has 6 nitrogen and oxygen atoms in total. The van der Waals surface area contributed by atoms with Crippen LogP contribution in [0, 0.1) is 0 Å². The van der Waals surface area contributed by atoms with Crippen LogP contribution in [0.25, 0.3) is 6.08 Å². The van der Waals surface area contributed by atoms with Crippen molar-refractivity contribution in [3.05, 3.63) is 52.2 Å². The fourth-order valence-electron chi connectivity index (χ4n) is 3.06. The molecule has 0 bridgehead atoms. The van der Waals surface area contributed by atoms with Gasteiger partial charge in [-0.05, 0) is 48.1 Å². The average Bonchev–Trinajstić information content (AvgIpc) is 3.25. The van der Waals surface area contributed by atoms with Crippen molar-refractivity contribution < 1.29 is 17.9 Å². The largest absolute Gasteiger partial charge is 0.495 e. The number of ether oxygens (including phenoxy) is 1. The minimum absolute atomic E-state index is 0.137. The molecule has 1 aliphatic heterocycles. The van der Waals surface area contributed by atoms with Gasteiger partial charge >= 0.3 is 0 Å². The van der Waals surface area contributed by atoms with Crippen molar-refractivity contribution in [1.29, 1.82) is 0 Å². The molecule has 0 unspecified atom stereocenters. The van der Waals surface area contributed by atoms with Gasteiger partial charge in [-0.15, -0.1) is 11.3 Å². The van der Waals surface area contributed by atoms with Gasteiger partial charge in [0.2, 0.25) is 15.9 Å². The molecule has 1 fully saturated rings. The van der Waals surface area contributed by atoms with E-state index in [9.17, 15) is 13.2 Å². The summed E-state index contributed by atoms with van der Waals surface area (Å²) in [6, 6.07) is 8.81. The second-order valence-electron chi connectivity index (χ2n) is 6.51. The van der Waals surface area contributed by atoms with Crippen LogP contribution in [0.5, 0.6) is 5.75 Å². The van der Waals surface area contributed by atoms with Crippen LogP contribution in [0.15, 0.2) is 46.7 Å². The molecule has 28 heavy (non-hydrogen) atoms. The van der Waals surface area contributed by atoms with E-state index >= 15 is 0 Å². The Morgan fingerprint density at radius 1 is 1.25 bits per heavy atom. The highest BCUT2D eigenvalue weighted by Gasteiger charge is 2.28. The Hall–Kier alpha value is -2.16. The zero-order valence-electron chi connectivity index (χ0n) is 15.8. The van der Waals surface area contributed by atoms with E-state index in [0.717, 1.165) is 24.1 Å². The van der Waals surface area contributed by atoms with Crippen molar-refractivity contribution in [3.63, 3.8) is 0 Å². The van der Waals surface area contributed by atoms with Crippen LogP contribution < -0.4 is 10.1 Å². The van der Waals surface area contributed by atoms with Gasteiger partial charge in [-0.25, -0.2) is 8.42 Å². The van der Waals surface area contributed by atoms with Crippen molar-refractivity contribution >= 4 is 33.3 Å². The molecule has 150 valence electrons. The maximum atomic E-state index is 13.0. The van der Waals surface area contributed by atoms with Crippen LogP contribution in [0.1, 0.15) is 29.7 Å². The van der Waals surface area contributed by atoms with E-state index in [1.54, 1.807) is 35.6 Å². The number of rotatable bonds is 7. The van der Waals surface area contributed by atoms with Gasteiger partial charge in [0.05, 0.1) is 13.7 Å². The summed E-state index contributed by atoms with van der Waals surface area (Å²) in [6.45, 7) is 1.52. The Kier molecular flexibility index (Phi) is 6.88. The first kappa shape index (κ1) is 20.6. The predicted octanol–water partition coefficient (Wildman–Crippen LogP) is 3.26. The van der Waals surface area contributed by atoms with Crippen molar-refractivity contribution in [2.24, 2.45) is 0 Å². The summed E-state index contributed by atoms with van der Waals surface area (Å²) >= 11 is 1.58. The second-order valence-corrected chi connectivity index (χ2v) is 9.44. The summed E-state index contributed by atoms with van der Waals surface area (Å²) in [5.41, 5.74) is 0.627. The number of benzene rings is 1. The average molecular weight is 421 g/mol. The molecule has 0 aliphatic carbocycles. The fourth-order valence-corrected chi connectivity index (χ4v) is 5.41. The third kappa shape index (κ3) is 5.01. The van der Waals surface area contributed by atoms with Gasteiger partial charge in [-0.2, -0.15) is 4.31 Å². The van der Waals surface area contributed by atoms with E-state index in [1.165, 1.54) is 17.5 Å². The maximum Gasteiger partial charge on any atom is 0.246 e. The molecule has 2 heterocycles. The highest BCUT2D eigenvalue weighted by Crippen LogP contribution is 2.29. The van der Waals surface area contributed by atoms with Gasteiger partial charge in [0, 0.05) is 24.0 Å². The summed E-state index contributed by atoms with van der Waals surface area (Å²) in [7, 11) is -2.17. The number of methoxy groups -OCH3 is 1. The molecule has 0 radical (unpaired) electrons. The normalized spacial score (nSPS) is 15.6. The molecule has 1 aromatic carbocycles. The first-order chi connectivity index (χ1) is 13.5. The number of carbonyl (C=O) groups is 1. The molecule has 0 saturated carbocycles. The quantitative estimate of drug-likeness (QED) is 0.698. The van der Waals surface area contributed by atoms with E-state index in [0.29, 0.717) is 30.9 Å². The molecule has 3 rings (SSSR count). The smallest absolute Gasteiger partial charge is 0.246 e. The minimum atomic E-state index is -3.63. The van der Waals surface area contributed by atoms with Crippen LogP contribution in [0.2, 0.25) is 0 Å². The molecule has 1 aliphatic rings. The number of hydrogen-bond donors (Lipinski definition) is 1. The molecule has 0 spiro atoms. The highest BCUT2D eigenvalue weighted by molar-refractivity contribution is 7.89. The molecule has 8 heteroatoms. The van der Waals surface area contributed by atoms with E-state index in [-0.39, 0.29) is 10.8 Å². The predicted molar refractivity (Wildman–Crippen MR) is 111 cm³/mol. The zero-order chi connectivity index (χ0) is 20.0. The Balaban J connectivity index is 1.75. The van der Waals surface area contributed by atoms with Crippen LogP contribution >= 0.6 is 11.3 Å². The Morgan fingerprint density at radius 2 is 2.04 bits per heavy atom. The molecule has 1 amide bonds. The number of nitrogens with one attached hydrogen (secondary N) is 1. The van der Waals surface area contributed by atoms with Gasteiger partial charge in [0.15, 0.2) is 0 Å². The monoisotopic (exact) mass is 420 g/mol. The van der Waals surface area contributed by atoms with E-state index in [1.807, 2.05) is 17.5 Å². The first-order valence-corrected chi connectivity index (χ1v) is 11.5. The molecular formula is C20H24N2O4S2. The number of piperidine rings is 1. The molecule has 1 aromatic heterocycles. The van der Waals surface area contributed by atoms with E-state index in [2.05, 4.69) is 5.32 Å². The lowest BCUT2D eigenvalue weighted by molar-refractivity contribution is -0.116. The number of amides is 1. The summed E-state index contributed by atoms with van der Waals surface area (Å²) in [4.78, 5) is 13.2. The van der Waals surface area contributed by atoms with Crippen molar-refractivity contribution in [2.45, 2.75) is 30.7 Å². The third-order valence-electron chi connectivity index (χ3n) is 4.56. The number of thiophene rings is 1. The lowest BCUT2D eigenvalue weighted by Gasteiger charge is -2.26. The van der Waals surface area contributed by atoms with Gasteiger partial charge in [-0.1, -0.05) is 18.6 Å². The SMILES string of the molecule is COc1ccc(/C=C\C(=O)NCc2cccs2)cc1S(=O)(=O)N1CCCCC1. The standard InChI is InChI=1S/C20H24N2O4S2/c1-26-18-9-7-16(8-10-20(23)21-15-17-6-5-13-27-17)14-19(18)28(24,25)22-11-3-2-4-12-22/h5-10,13-14H,2-4,11-12,15H2,1H3,(H,21,23)/b10-8-. The van der Waals surface area contributed by atoms with Crippen LogP contribution in [-0.4, -0.2) is 38.8 Å². The van der Waals surface area contributed by atoms with Crippen molar-refractivity contribution in [3.8, 4) is 5.75 Å². The van der Waals surface area contributed by atoms with E-state index < -0.39 is 10.0 Å². The molecule has 1 saturated heterocycles. The summed E-state index contributed by atoms with van der Waals surface area (Å²) in [5.74, 6) is 0.0783. The number of nitrogens with zero attached hydrogens (tertiary/aromatic N) is 1. The van der Waals surface area contributed by atoms with Crippen LogP contribution in [0.3, 0.4) is 0 Å². The topological polar surface area (TPSA) is 75.7 Å². The Morgan fingerprint density at radius 3 is 2.71 bits per heavy atom. The van der Waals surface area contributed by atoms with Crippen LogP contribution in [-0.2, 0) is 21.4 Å². The number of sulfonamides is 1. The summed E-state index contributed by atoms with van der Waals surface area (Å²) < 4.78 is 32.9. The Labute approximate surface area is 169 Å². The summed E-state index contributed by atoms with van der Waals surface area (Å²) in [5, 5.41) is 4.77. The molecule has 2 aromatic rings. The Bertz CT molecular complexity index is 931. The lowest BCUT2D eigenvalue weighted by Crippen LogP contribution is -2.35. The van der Waals surface area contributed by atoms with Crippen molar-refractivity contribution in [1.82, 2.24) is 9.62 Å². The first-order valence-electron chi connectivity index (χ1n) is 9.17. The van der Waals surface area contributed by atoms with Gasteiger partial charge in [-0.3, -0.25) is 4.79 Å². The molecular weight excluding hydrogens is 396 g/mol. The van der Waals surface area contributed by atoms with E-state index in [4.69, 9.17) is 4.74 Å². The van der Waals surface area contributed by atoms with Crippen LogP contribution in [0.4, 0.5) is 0 Å². The highest BCUT2D eigenvalue weighted by atomic mass is 32.2.